The molecule has 1 heterocycles. The van der Waals surface area contributed by atoms with Crippen LogP contribution in [0.4, 0.5) is 0 Å². The lowest BCUT2D eigenvalue weighted by Gasteiger charge is -2.08. The Kier molecular flexibility index (Phi) is 4.34. The third kappa shape index (κ3) is 3.09. The molecular weight excluding hydrogens is 288 g/mol. The molecule has 6 heteroatoms. The standard InChI is InChI=1S/C11H15BrN2O3/c1-5(2)10(15)13-14-11(16)8-6(3)17-7(4)9(8)12/h5H,1-4H3,(H,13,15)(H,14,16). The van der Waals surface area contributed by atoms with Crippen LogP contribution in [0.25, 0.3) is 0 Å². The molecule has 2 amide bonds. The van der Waals surface area contributed by atoms with E-state index in [1.54, 1.807) is 27.7 Å². The molecular formula is C11H15BrN2O3. The largest absolute Gasteiger partial charge is 0.465 e. The van der Waals surface area contributed by atoms with Gasteiger partial charge in [0.25, 0.3) is 5.91 Å². The summed E-state index contributed by atoms with van der Waals surface area (Å²) in [4.78, 5) is 23.1. The minimum Gasteiger partial charge on any atom is -0.465 e. The fourth-order valence-electron chi connectivity index (χ4n) is 1.24. The summed E-state index contributed by atoms with van der Waals surface area (Å²) in [7, 11) is 0. The molecule has 0 aromatic carbocycles. The lowest BCUT2D eigenvalue weighted by atomic mass is 10.2. The summed E-state index contributed by atoms with van der Waals surface area (Å²) in [5, 5.41) is 0. The summed E-state index contributed by atoms with van der Waals surface area (Å²) < 4.78 is 5.90. The van der Waals surface area contributed by atoms with E-state index >= 15 is 0 Å². The molecule has 0 spiro atoms. The molecule has 0 fully saturated rings. The number of rotatable bonds is 2. The van der Waals surface area contributed by atoms with Crippen molar-refractivity contribution in [2.24, 2.45) is 5.92 Å². The molecule has 0 radical (unpaired) electrons. The summed E-state index contributed by atoms with van der Waals surface area (Å²) in [6.45, 7) is 6.92. The number of aryl methyl sites for hydroxylation is 2. The van der Waals surface area contributed by atoms with Crippen LogP contribution >= 0.6 is 15.9 Å². The van der Waals surface area contributed by atoms with Crippen molar-refractivity contribution in [3.63, 3.8) is 0 Å². The monoisotopic (exact) mass is 302 g/mol. The van der Waals surface area contributed by atoms with E-state index in [1.165, 1.54) is 0 Å². The number of carbonyl (C=O) groups excluding carboxylic acids is 2. The second kappa shape index (κ2) is 5.35. The Morgan fingerprint density at radius 1 is 1.18 bits per heavy atom. The SMILES string of the molecule is Cc1oc(C)c(C(=O)NNC(=O)C(C)C)c1Br. The Hall–Kier alpha value is -1.30. The van der Waals surface area contributed by atoms with Crippen molar-refractivity contribution in [2.75, 3.05) is 0 Å². The minimum atomic E-state index is -0.403. The molecule has 0 saturated heterocycles. The first-order chi connectivity index (χ1) is 7.84. The topological polar surface area (TPSA) is 71.3 Å². The van der Waals surface area contributed by atoms with Crippen LogP contribution < -0.4 is 10.9 Å². The summed E-state index contributed by atoms with van der Waals surface area (Å²) in [5.41, 5.74) is 5.08. The van der Waals surface area contributed by atoms with E-state index in [9.17, 15) is 9.59 Å². The average molecular weight is 303 g/mol. The number of hydrogen-bond donors (Lipinski definition) is 2. The van der Waals surface area contributed by atoms with Gasteiger partial charge in [0.2, 0.25) is 5.91 Å². The Balaban J connectivity index is 2.74. The Morgan fingerprint density at radius 2 is 1.76 bits per heavy atom. The second-order valence-electron chi connectivity index (χ2n) is 4.00. The number of nitrogens with one attached hydrogen (secondary N) is 2. The van der Waals surface area contributed by atoms with Gasteiger partial charge in [0, 0.05) is 5.92 Å². The Bertz CT molecular complexity index is 452. The van der Waals surface area contributed by atoms with Crippen LogP contribution in [0.1, 0.15) is 35.7 Å². The van der Waals surface area contributed by atoms with E-state index in [0.717, 1.165) is 0 Å². The summed E-state index contributed by atoms with van der Waals surface area (Å²) in [5.74, 6) is 0.298. The van der Waals surface area contributed by atoms with Gasteiger partial charge in [-0.25, -0.2) is 0 Å². The lowest BCUT2D eigenvalue weighted by Crippen LogP contribution is -2.43. The van der Waals surface area contributed by atoms with E-state index in [2.05, 4.69) is 26.8 Å². The van der Waals surface area contributed by atoms with Gasteiger partial charge in [-0.3, -0.25) is 20.4 Å². The maximum Gasteiger partial charge on any atom is 0.274 e. The molecule has 1 aromatic rings. The predicted octanol–water partition coefficient (Wildman–Crippen LogP) is 2.08. The van der Waals surface area contributed by atoms with Crippen LogP contribution in [-0.4, -0.2) is 11.8 Å². The molecule has 17 heavy (non-hydrogen) atoms. The van der Waals surface area contributed by atoms with E-state index in [1.807, 2.05) is 0 Å². The first kappa shape index (κ1) is 13.8. The summed E-state index contributed by atoms with van der Waals surface area (Å²) >= 11 is 3.27. The number of hydrazine groups is 1. The van der Waals surface area contributed by atoms with Crippen LogP contribution in [0, 0.1) is 19.8 Å². The average Bonchev–Trinajstić information content (AvgIpc) is 2.49. The number of hydrogen-bond acceptors (Lipinski definition) is 3. The van der Waals surface area contributed by atoms with Crippen LogP contribution in [0.15, 0.2) is 8.89 Å². The van der Waals surface area contributed by atoms with Gasteiger partial charge in [0.1, 0.15) is 11.5 Å². The minimum absolute atomic E-state index is 0.189. The number of furan rings is 1. The zero-order chi connectivity index (χ0) is 13.2. The Morgan fingerprint density at radius 3 is 2.18 bits per heavy atom. The van der Waals surface area contributed by atoms with Gasteiger partial charge in [-0.05, 0) is 29.8 Å². The van der Waals surface area contributed by atoms with Gasteiger partial charge < -0.3 is 4.42 Å². The van der Waals surface area contributed by atoms with Gasteiger partial charge in [0.15, 0.2) is 0 Å². The van der Waals surface area contributed by atoms with Crippen LogP contribution in [0.3, 0.4) is 0 Å². The molecule has 1 aromatic heterocycles. The predicted molar refractivity (Wildman–Crippen MR) is 66.3 cm³/mol. The molecule has 94 valence electrons. The maximum absolute atomic E-state index is 11.8. The maximum atomic E-state index is 11.8. The highest BCUT2D eigenvalue weighted by Gasteiger charge is 2.20. The molecule has 0 aliphatic heterocycles. The first-order valence-electron chi connectivity index (χ1n) is 5.20. The summed E-state index contributed by atoms with van der Waals surface area (Å²) in [6.07, 6.45) is 0. The zero-order valence-corrected chi connectivity index (χ0v) is 11.8. The van der Waals surface area contributed by atoms with Gasteiger partial charge >= 0.3 is 0 Å². The van der Waals surface area contributed by atoms with E-state index in [0.29, 0.717) is 21.6 Å². The number of carbonyl (C=O) groups is 2. The highest BCUT2D eigenvalue weighted by molar-refractivity contribution is 9.10. The van der Waals surface area contributed by atoms with E-state index in [-0.39, 0.29) is 11.8 Å². The van der Waals surface area contributed by atoms with Crippen LogP contribution in [0.2, 0.25) is 0 Å². The number of amides is 2. The zero-order valence-electron chi connectivity index (χ0n) is 10.2. The second-order valence-corrected chi connectivity index (χ2v) is 4.79. The molecule has 0 aliphatic rings. The highest BCUT2D eigenvalue weighted by Crippen LogP contribution is 2.26. The normalized spacial score (nSPS) is 10.5. The molecule has 0 unspecified atom stereocenters. The third-order valence-corrected chi connectivity index (χ3v) is 3.19. The van der Waals surface area contributed by atoms with Crippen molar-refractivity contribution in [3.05, 3.63) is 21.6 Å². The highest BCUT2D eigenvalue weighted by atomic mass is 79.9. The molecule has 2 N–H and O–H groups in total. The van der Waals surface area contributed by atoms with Gasteiger partial charge in [0.05, 0.1) is 10.0 Å². The fourth-order valence-corrected chi connectivity index (χ4v) is 1.78. The first-order valence-corrected chi connectivity index (χ1v) is 5.99. The lowest BCUT2D eigenvalue weighted by molar-refractivity contribution is -0.124. The van der Waals surface area contributed by atoms with Gasteiger partial charge in [-0.1, -0.05) is 13.8 Å². The van der Waals surface area contributed by atoms with Crippen molar-refractivity contribution < 1.29 is 14.0 Å². The molecule has 5 nitrogen and oxygen atoms in total. The fraction of sp³-hybridized carbons (Fsp3) is 0.455. The van der Waals surface area contributed by atoms with Crippen molar-refractivity contribution in [3.8, 4) is 0 Å². The molecule has 0 aliphatic carbocycles. The van der Waals surface area contributed by atoms with Crippen molar-refractivity contribution >= 4 is 27.7 Å². The molecule has 0 atom stereocenters. The van der Waals surface area contributed by atoms with Crippen molar-refractivity contribution in [1.29, 1.82) is 0 Å². The van der Waals surface area contributed by atoms with Gasteiger partial charge in [-0.15, -0.1) is 0 Å². The number of halogens is 1. The van der Waals surface area contributed by atoms with E-state index < -0.39 is 5.91 Å². The van der Waals surface area contributed by atoms with E-state index in [4.69, 9.17) is 4.42 Å². The smallest absolute Gasteiger partial charge is 0.274 e. The van der Waals surface area contributed by atoms with Crippen molar-refractivity contribution in [2.45, 2.75) is 27.7 Å². The Labute approximate surface area is 108 Å². The van der Waals surface area contributed by atoms with Crippen LogP contribution in [-0.2, 0) is 4.79 Å². The molecule has 1 rings (SSSR count). The molecule has 0 bridgehead atoms. The third-order valence-electron chi connectivity index (χ3n) is 2.24. The van der Waals surface area contributed by atoms with Crippen LogP contribution in [0.5, 0.6) is 0 Å². The summed E-state index contributed by atoms with van der Waals surface area (Å²) in [6, 6.07) is 0. The molecule has 0 saturated carbocycles. The van der Waals surface area contributed by atoms with Gasteiger partial charge in [-0.2, -0.15) is 0 Å². The quantitative estimate of drug-likeness (QED) is 0.822. The van der Waals surface area contributed by atoms with Crippen molar-refractivity contribution in [1.82, 2.24) is 10.9 Å².